The van der Waals surface area contributed by atoms with Gasteiger partial charge in [-0.2, -0.15) is 5.26 Å². The van der Waals surface area contributed by atoms with Crippen molar-refractivity contribution in [3.05, 3.63) is 47.8 Å². The fourth-order valence-electron chi connectivity index (χ4n) is 2.22. The molecule has 2 aromatic heterocycles. The summed E-state index contributed by atoms with van der Waals surface area (Å²) in [5.41, 5.74) is 4.45. The van der Waals surface area contributed by atoms with Crippen molar-refractivity contribution in [2.75, 3.05) is 0 Å². The third-order valence-electron chi connectivity index (χ3n) is 3.26. The van der Waals surface area contributed by atoms with Gasteiger partial charge in [0.25, 0.3) is 0 Å². The fourth-order valence-corrected chi connectivity index (χ4v) is 2.22. The highest BCUT2D eigenvalue weighted by atomic mass is 15.1. The van der Waals surface area contributed by atoms with Gasteiger partial charge < -0.3 is 4.57 Å². The van der Waals surface area contributed by atoms with Crippen molar-refractivity contribution in [1.29, 1.82) is 5.26 Å². The van der Waals surface area contributed by atoms with E-state index in [2.05, 4.69) is 16.0 Å². The first-order valence-electron chi connectivity index (χ1n) is 5.99. The number of nitriles is 1. The molecule has 0 N–H and O–H groups in total. The molecule has 92 valence electrons. The Labute approximate surface area is 111 Å². The number of nitrogens with zero attached hydrogens (tertiary/aromatic N) is 4. The molecule has 0 atom stereocenters. The third-order valence-corrected chi connectivity index (χ3v) is 3.26. The van der Waals surface area contributed by atoms with Crippen LogP contribution >= 0.6 is 0 Å². The molecule has 0 fully saturated rings. The zero-order valence-corrected chi connectivity index (χ0v) is 10.8. The van der Waals surface area contributed by atoms with Gasteiger partial charge in [-0.25, -0.2) is 4.98 Å². The molecule has 0 amide bonds. The molecule has 0 spiro atoms. The first-order chi connectivity index (χ1) is 9.20. The van der Waals surface area contributed by atoms with E-state index < -0.39 is 0 Å². The van der Waals surface area contributed by atoms with E-state index in [0.29, 0.717) is 5.56 Å². The second-order valence-electron chi connectivity index (χ2n) is 4.45. The lowest BCUT2D eigenvalue weighted by atomic mass is 10.2. The van der Waals surface area contributed by atoms with Gasteiger partial charge in [0.05, 0.1) is 22.7 Å². The van der Waals surface area contributed by atoms with Crippen molar-refractivity contribution in [3.63, 3.8) is 0 Å². The number of hydrogen-bond acceptors (Lipinski definition) is 3. The minimum atomic E-state index is 0.643. The number of fused-ring (bicyclic) bond motifs is 1. The Balaban J connectivity index is 2.30. The molecule has 0 aliphatic carbocycles. The third kappa shape index (κ3) is 1.76. The Morgan fingerprint density at radius 2 is 2.11 bits per heavy atom. The van der Waals surface area contributed by atoms with Crippen molar-refractivity contribution in [2.24, 2.45) is 7.05 Å². The highest BCUT2D eigenvalue weighted by Crippen LogP contribution is 2.25. The SMILES string of the molecule is Cc1ncccc1-c1nc2ccc(C#N)cc2n1C. The van der Waals surface area contributed by atoms with Gasteiger partial charge in [0.1, 0.15) is 5.82 Å². The maximum absolute atomic E-state index is 8.97. The van der Waals surface area contributed by atoms with Crippen LogP contribution in [0.25, 0.3) is 22.4 Å². The molecule has 0 radical (unpaired) electrons. The molecule has 0 aliphatic rings. The van der Waals surface area contributed by atoms with Crippen LogP contribution in [-0.4, -0.2) is 14.5 Å². The molecular weight excluding hydrogens is 236 g/mol. The summed E-state index contributed by atoms with van der Waals surface area (Å²) < 4.78 is 2.00. The van der Waals surface area contributed by atoms with Gasteiger partial charge in [-0.15, -0.1) is 0 Å². The van der Waals surface area contributed by atoms with Crippen molar-refractivity contribution in [2.45, 2.75) is 6.92 Å². The first-order valence-corrected chi connectivity index (χ1v) is 5.99. The normalized spacial score (nSPS) is 10.6. The van der Waals surface area contributed by atoms with Gasteiger partial charge in [-0.05, 0) is 37.3 Å². The maximum atomic E-state index is 8.97. The van der Waals surface area contributed by atoms with Crippen molar-refractivity contribution in [1.82, 2.24) is 14.5 Å². The average molecular weight is 248 g/mol. The topological polar surface area (TPSA) is 54.5 Å². The smallest absolute Gasteiger partial charge is 0.142 e. The predicted molar refractivity (Wildman–Crippen MR) is 73.4 cm³/mol. The summed E-state index contributed by atoms with van der Waals surface area (Å²) in [4.78, 5) is 8.93. The lowest BCUT2D eigenvalue weighted by Crippen LogP contribution is -1.95. The summed E-state index contributed by atoms with van der Waals surface area (Å²) >= 11 is 0. The minimum absolute atomic E-state index is 0.643. The molecule has 1 aromatic carbocycles. The summed E-state index contributed by atoms with van der Waals surface area (Å²) in [6.45, 7) is 1.97. The Kier molecular flexibility index (Phi) is 2.53. The van der Waals surface area contributed by atoms with Crippen LogP contribution in [-0.2, 0) is 7.05 Å². The summed E-state index contributed by atoms with van der Waals surface area (Å²) in [7, 11) is 1.96. The van der Waals surface area contributed by atoms with Crippen LogP contribution in [0.3, 0.4) is 0 Å². The summed E-state index contributed by atoms with van der Waals surface area (Å²) in [6, 6.07) is 11.6. The van der Waals surface area contributed by atoms with E-state index in [1.807, 2.05) is 42.8 Å². The first kappa shape index (κ1) is 11.4. The molecule has 0 saturated heterocycles. The summed E-state index contributed by atoms with van der Waals surface area (Å²) in [6.07, 6.45) is 1.77. The van der Waals surface area contributed by atoms with Gasteiger partial charge in [0.15, 0.2) is 0 Å². The summed E-state index contributed by atoms with van der Waals surface area (Å²) in [5, 5.41) is 8.97. The van der Waals surface area contributed by atoms with Gasteiger partial charge in [-0.3, -0.25) is 4.98 Å². The van der Waals surface area contributed by atoms with Crippen molar-refractivity contribution in [3.8, 4) is 17.5 Å². The standard InChI is InChI=1S/C15H12N4/c1-10-12(4-3-7-17-10)15-18-13-6-5-11(9-16)8-14(13)19(15)2/h3-8H,1-2H3. The Bertz CT molecular complexity index is 809. The molecule has 19 heavy (non-hydrogen) atoms. The van der Waals surface area contributed by atoms with Crippen LogP contribution in [0.2, 0.25) is 0 Å². The zero-order valence-electron chi connectivity index (χ0n) is 10.8. The lowest BCUT2D eigenvalue weighted by Gasteiger charge is -2.04. The lowest BCUT2D eigenvalue weighted by molar-refractivity contribution is 0.953. The van der Waals surface area contributed by atoms with E-state index >= 15 is 0 Å². The fraction of sp³-hybridized carbons (Fsp3) is 0.133. The molecule has 4 nitrogen and oxygen atoms in total. The molecule has 0 saturated carbocycles. The number of rotatable bonds is 1. The van der Waals surface area contributed by atoms with Gasteiger partial charge in [0.2, 0.25) is 0 Å². The largest absolute Gasteiger partial charge is 0.327 e. The molecule has 0 unspecified atom stereocenters. The summed E-state index contributed by atoms with van der Waals surface area (Å²) in [5.74, 6) is 0.871. The maximum Gasteiger partial charge on any atom is 0.142 e. The number of imidazole rings is 1. The van der Waals surface area contributed by atoms with E-state index in [1.54, 1.807) is 12.3 Å². The second kappa shape index (κ2) is 4.21. The zero-order chi connectivity index (χ0) is 13.4. The average Bonchev–Trinajstić information content (AvgIpc) is 2.76. The number of aryl methyl sites for hydroxylation is 2. The Morgan fingerprint density at radius 1 is 1.26 bits per heavy atom. The van der Waals surface area contributed by atoms with Crippen molar-refractivity contribution < 1.29 is 0 Å². The van der Waals surface area contributed by atoms with E-state index in [1.165, 1.54) is 0 Å². The number of pyridine rings is 1. The van der Waals surface area contributed by atoms with Gasteiger partial charge >= 0.3 is 0 Å². The highest BCUT2D eigenvalue weighted by molar-refractivity contribution is 5.82. The molecule has 3 aromatic rings. The molecule has 0 aliphatic heterocycles. The van der Waals surface area contributed by atoms with Crippen LogP contribution in [0.1, 0.15) is 11.3 Å². The molecular formula is C15H12N4. The number of aromatic nitrogens is 3. The quantitative estimate of drug-likeness (QED) is 0.665. The van der Waals surface area contributed by atoms with Crippen LogP contribution in [0.15, 0.2) is 36.5 Å². The van der Waals surface area contributed by atoms with E-state index in [4.69, 9.17) is 5.26 Å². The minimum Gasteiger partial charge on any atom is -0.327 e. The highest BCUT2D eigenvalue weighted by Gasteiger charge is 2.12. The van der Waals surface area contributed by atoms with Crippen LogP contribution < -0.4 is 0 Å². The van der Waals surface area contributed by atoms with Crippen molar-refractivity contribution >= 4 is 11.0 Å². The van der Waals surface area contributed by atoms with Gasteiger partial charge in [-0.1, -0.05) is 0 Å². The molecule has 0 bridgehead atoms. The predicted octanol–water partition coefficient (Wildman–Crippen LogP) is 2.82. The van der Waals surface area contributed by atoms with E-state index in [9.17, 15) is 0 Å². The van der Waals surface area contributed by atoms with Crippen LogP contribution in [0.5, 0.6) is 0 Å². The van der Waals surface area contributed by atoms with E-state index in [0.717, 1.165) is 28.1 Å². The Hall–Kier alpha value is -2.67. The molecule has 4 heteroatoms. The second-order valence-corrected chi connectivity index (χ2v) is 4.45. The molecule has 2 heterocycles. The van der Waals surface area contributed by atoms with Crippen LogP contribution in [0, 0.1) is 18.3 Å². The Morgan fingerprint density at radius 3 is 2.84 bits per heavy atom. The number of benzene rings is 1. The monoisotopic (exact) mass is 248 g/mol. The van der Waals surface area contributed by atoms with E-state index in [-0.39, 0.29) is 0 Å². The number of hydrogen-bond donors (Lipinski definition) is 0. The van der Waals surface area contributed by atoms with Crippen LogP contribution in [0.4, 0.5) is 0 Å². The molecule has 3 rings (SSSR count). The van der Waals surface area contributed by atoms with Gasteiger partial charge in [0, 0.05) is 24.5 Å².